The lowest BCUT2D eigenvalue weighted by Gasteiger charge is -2.63. The molecule has 9 atom stereocenters. The Morgan fingerprint density at radius 3 is 2.62 bits per heavy atom. The van der Waals surface area contributed by atoms with Crippen LogP contribution < -0.4 is 9.80 Å². The number of benzene rings is 1. The maximum Gasteiger partial charge on any atom is 0.226 e. The second kappa shape index (κ2) is 8.85. The summed E-state index contributed by atoms with van der Waals surface area (Å²) in [4.78, 5) is 32.3. The van der Waals surface area contributed by atoms with Gasteiger partial charge in [0, 0.05) is 22.7 Å². The predicted molar refractivity (Wildman–Crippen MR) is 140 cm³/mol. The van der Waals surface area contributed by atoms with Crippen molar-refractivity contribution in [3.63, 3.8) is 0 Å². The topological polar surface area (TPSA) is 76.1 Å². The Morgan fingerprint density at radius 2 is 1.95 bits per heavy atom. The molecule has 1 heterocycles. The number of anilines is 1. The number of ketones is 1. The average molecular weight is 564 g/mol. The summed E-state index contributed by atoms with van der Waals surface area (Å²) >= 11 is 0.517. The first-order valence-electron chi connectivity index (χ1n) is 13.3. The number of ether oxygens (including phenoxy) is 1. The van der Waals surface area contributed by atoms with Gasteiger partial charge in [0.15, 0.2) is 17.1 Å². The minimum atomic E-state index is -2.26. The van der Waals surface area contributed by atoms with Gasteiger partial charge in [-0.3, -0.25) is 19.5 Å². The predicted octanol–water partition coefficient (Wildman–Crippen LogP) is 4.92. The molecule has 6 nitrogen and oxygen atoms in total. The number of alkyl halides is 3. The lowest BCUT2D eigenvalue weighted by Crippen LogP contribution is -2.70. The smallest absolute Gasteiger partial charge is 0.226 e. The second-order valence-electron chi connectivity index (χ2n) is 11.9. The Labute approximate surface area is 229 Å². The molecule has 6 rings (SSSR count). The molecule has 1 N–H and O–H groups in total. The van der Waals surface area contributed by atoms with Crippen LogP contribution in [-0.4, -0.2) is 59.2 Å². The number of aliphatic hydroxyl groups is 1. The number of rotatable bonds is 4. The lowest BCUT2D eigenvalue weighted by atomic mass is 9.44. The van der Waals surface area contributed by atoms with Crippen molar-refractivity contribution in [3.8, 4) is 5.75 Å². The number of nitrogens with zero attached hydrogens (tertiary/aromatic N) is 1. The van der Waals surface area contributed by atoms with Gasteiger partial charge in [0.2, 0.25) is 5.12 Å². The highest BCUT2D eigenvalue weighted by molar-refractivity contribution is 8.13. The monoisotopic (exact) mass is 563 g/mol. The number of carbonyl (C=O) groups is 2. The van der Waals surface area contributed by atoms with E-state index in [0.717, 1.165) is 6.08 Å². The molecule has 39 heavy (non-hydrogen) atoms. The van der Waals surface area contributed by atoms with Crippen molar-refractivity contribution in [1.82, 2.24) is 0 Å². The van der Waals surface area contributed by atoms with Crippen LogP contribution in [-0.2, 0) is 14.4 Å². The van der Waals surface area contributed by atoms with Gasteiger partial charge in [-0.05, 0) is 74.1 Å². The van der Waals surface area contributed by atoms with Crippen molar-refractivity contribution >= 4 is 28.3 Å². The molecule has 10 heteroatoms. The molecule has 5 aliphatic rings. The SMILES string of the molecule is COc1ccc(N2C[C@@H]3C[C@H]4[C@@H]5C[C@H](F)C6=CC(=O)C=C[C@]6(C)[C@@]5(F)[C@@H](O)C[C@]4(C)[C@]3(C(=O)SCF)O2)cc1. The third-order valence-corrected chi connectivity index (χ3v) is 11.1. The summed E-state index contributed by atoms with van der Waals surface area (Å²) in [7, 11) is 1.56. The normalized spacial score (nSPS) is 44.3. The Balaban J connectivity index is 1.43. The Morgan fingerprint density at radius 1 is 1.23 bits per heavy atom. The van der Waals surface area contributed by atoms with E-state index in [4.69, 9.17) is 9.57 Å². The molecule has 1 aliphatic heterocycles. The van der Waals surface area contributed by atoms with Crippen molar-refractivity contribution in [3.05, 3.63) is 48.1 Å². The van der Waals surface area contributed by atoms with E-state index >= 15 is 8.78 Å². The summed E-state index contributed by atoms with van der Waals surface area (Å²) in [5.74, 6) is -1.64. The van der Waals surface area contributed by atoms with Crippen LogP contribution in [0.4, 0.5) is 18.9 Å². The molecule has 0 bridgehead atoms. The Kier molecular flexibility index (Phi) is 6.10. The highest BCUT2D eigenvalue weighted by atomic mass is 32.2. The number of hydrogen-bond acceptors (Lipinski definition) is 7. The molecular formula is C29H32F3NO5S. The highest BCUT2D eigenvalue weighted by Crippen LogP contribution is 2.73. The van der Waals surface area contributed by atoms with E-state index in [1.807, 2.05) is 0 Å². The van der Waals surface area contributed by atoms with Crippen molar-refractivity contribution in [2.24, 2.45) is 28.6 Å². The number of hydroxylamine groups is 1. The van der Waals surface area contributed by atoms with Gasteiger partial charge in [0.1, 0.15) is 17.9 Å². The van der Waals surface area contributed by atoms with E-state index in [2.05, 4.69) is 0 Å². The average Bonchev–Trinajstić information content (AvgIpc) is 3.41. The zero-order chi connectivity index (χ0) is 28.0. The zero-order valence-electron chi connectivity index (χ0n) is 22.0. The van der Waals surface area contributed by atoms with Gasteiger partial charge in [-0.15, -0.1) is 0 Å². The van der Waals surface area contributed by atoms with Gasteiger partial charge in [0.25, 0.3) is 0 Å². The Hall–Kier alpha value is -2.30. The maximum atomic E-state index is 17.5. The minimum Gasteiger partial charge on any atom is -0.497 e. The summed E-state index contributed by atoms with van der Waals surface area (Å²) in [6.07, 6.45) is 0.662. The number of methoxy groups -OCH3 is 1. The van der Waals surface area contributed by atoms with Crippen LogP contribution in [0.5, 0.6) is 5.75 Å². The van der Waals surface area contributed by atoms with Crippen LogP contribution in [0.3, 0.4) is 0 Å². The van der Waals surface area contributed by atoms with E-state index in [1.165, 1.54) is 12.2 Å². The molecule has 3 saturated carbocycles. The van der Waals surface area contributed by atoms with E-state index in [0.29, 0.717) is 36.2 Å². The number of allylic oxidation sites excluding steroid dienone is 4. The molecule has 0 unspecified atom stereocenters. The van der Waals surface area contributed by atoms with Crippen molar-refractivity contribution < 1.29 is 37.4 Å². The van der Waals surface area contributed by atoms with Crippen LogP contribution >= 0.6 is 11.8 Å². The number of halogens is 3. The quantitative estimate of drug-likeness (QED) is 0.558. The largest absolute Gasteiger partial charge is 0.497 e. The number of fused-ring (bicyclic) bond motifs is 7. The fourth-order valence-corrected chi connectivity index (χ4v) is 9.40. The summed E-state index contributed by atoms with van der Waals surface area (Å²) in [5, 5.41) is 12.7. The van der Waals surface area contributed by atoms with Gasteiger partial charge >= 0.3 is 0 Å². The van der Waals surface area contributed by atoms with Crippen LogP contribution in [0, 0.1) is 28.6 Å². The van der Waals surface area contributed by atoms with Crippen LogP contribution in [0.2, 0.25) is 0 Å². The molecule has 0 aromatic heterocycles. The van der Waals surface area contributed by atoms with Gasteiger partial charge in [-0.2, -0.15) is 0 Å². The van der Waals surface area contributed by atoms with E-state index < -0.39 is 69.0 Å². The van der Waals surface area contributed by atoms with Crippen LogP contribution in [0.15, 0.2) is 48.1 Å². The van der Waals surface area contributed by atoms with Crippen LogP contribution in [0.25, 0.3) is 0 Å². The molecule has 1 aromatic rings. The first kappa shape index (κ1) is 26.9. The molecular weight excluding hydrogens is 531 g/mol. The summed E-state index contributed by atoms with van der Waals surface area (Å²) in [6.45, 7) is 3.65. The van der Waals surface area contributed by atoms with Crippen molar-refractivity contribution in [2.45, 2.75) is 56.7 Å². The third-order valence-electron chi connectivity index (χ3n) is 10.5. The molecule has 0 radical (unpaired) electrons. The molecule has 0 amide bonds. The molecule has 4 fully saturated rings. The molecule has 4 aliphatic carbocycles. The molecule has 210 valence electrons. The number of hydrogen-bond donors (Lipinski definition) is 1. The summed E-state index contributed by atoms with van der Waals surface area (Å²) in [5.41, 5.74) is -5.66. The van der Waals surface area contributed by atoms with E-state index in [-0.39, 0.29) is 18.4 Å². The summed E-state index contributed by atoms with van der Waals surface area (Å²) in [6, 6.07) is 6.17. The second-order valence-corrected chi connectivity index (χ2v) is 12.8. The number of carbonyl (C=O) groups excluding carboxylic acids is 2. The molecule has 0 spiro atoms. The zero-order valence-corrected chi connectivity index (χ0v) is 22.8. The number of thioether (sulfide) groups is 1. The maximum absolute atomic E-state index is 17.5. The summed E-state index contributed by atoms with van der Waals surface area (Å²) < 4.78 is 52.0. The first-order chi connectivity index (χ1) is 18.5. The van der Waals surface area contributed by atoms with E-state index in [1.54, 1.807) is 50.3 Å². The van der Waals surface area contributed by atoms with Crippen molar-refractivity contribution in [1.29, 1.82) is 0 Å². The Bertz CT molecular complexity index is 1270. The standard InChI is InChI=1S/C29H32F3NO5S/c1-26-9-8-18(34)11-22(26)23(31)12-21-20-10-16-14-33(17-4-6-19(37-3)7-5-17)38-29(16,25(36)39-15-30)27(20,2)13-24(35)28(21,26)32/h4-9,11,16,20-21,23-24,35H,10,12-15H2,1-3H3/t16-,20-,21-,23-,24-,26-,27-,28-,29-/m0/s1. The van der Waals surface area contributed by atoms with Crippen molar-refractivity contribution in [2.75, 3.05) is 24.7 Å². The fraction of sp³-hybridized carbons (Fsp3) is 0.586. The third kappa shape index (κ3) is 3.31. The lowest BCUT2D eigenvalue weighted by molar-refractivity contribution is -0.225. The van der Waals surface area contributed by atoms with Gasteiger partial charge in [-0.1, -0.05) is 24.8 Å². The highest BCUT2D eigenvalue weighted by Gasteiger charge is 2.79. The van der Waals surface area contributed by atoms with Crippen LogP contribution in [0.1, 0.15) is 33.1 Å². The molecule has 1 saturated heterocycles. The minimum absolute atomic E-state index is 0.0512. The fourth-order valence-electron chi connectivity index (χ4n) is 8.65. The van der Waals surface area contributed by atoms with Gasteiger partial charge < -0.3 is 9.84 Å². The number of aliphatic hydroxyl groups excluding tert-OH is 1. The first-order valence-corrected chi connectivity index (χ1v) is 14.2. The van der Waals surface area contributed by atoms with E-state index in [9.17, 15) is 19.1 Å². The van der Waals surface area contributed by atoms with Gasteiger partial charge in [-0.25, -0.2) is 13.2 Å². The molecule has 1 aromatic carbocycles. The van der Waals surface area contributed by atoms with Gasteiger partial charge in [0.05, 0.1) is 25.4 Å².